The third kappa shape index (κ3) is 3.57. The number of urea groups is 1. The van der Waals surface area contributed by atoms with Crippen molar-refractivity contribution in [2.24, 2.45) is 13.0 Å². The molecule has 5 nitrogen and oxygen atoms in total. The lowest BCUT2D eigenvalue weighted by Gasteiger charge is -2.35. The largest absolute Gasteiger partial charge is 0.331 e. The topological polar surface area (TPSA) is 50.2 Å². The van der Waals surface area contributed by atoms with Crippen LogP contribution >= 0.6 is 0 Å². The zero-order valence-corrected chi connectivity index (χ0v) is 13.9. The first-order chi connectivity index (χ1) is 9.90. The van der Waals surface area contributed by atoms with Gasteiger partial charge in [-0.15, -0.1) is 0 Å². The molecule has 1 unspecified atom stereocenters. The molecule has 0 bridgehead atoms. The molecule has 0 radical (unpaired) electrons. The van der Waals surface area contributed by atoms with Gasteiger partial charge in [0.05, 0.1) is 12.2 Å². The second-order valence-corrected chi connectivity index (χ2v) is 6.52. The maximum absolute atomic E-state index is 12.5. The van der Waals surface area contributed by atoms with E-state index in [-0.39, 0.29) is 18.1 Å². The van der Waals surface area contributed by atoms with Gasteiger partial charge in [-0.2, -0.15) is 5.10 Å². The van der Waals surface area contributed by atoms with Gasteiger partial charge in [0.25, 0.3) is 0 Å². The molecule has 0 aromatic carbocycles. The highest BCUT2D eigenvalue weighted by Gasteiger charge is 2.26. The van der Waals surface area contributed by atoms with E-state index in [2.05, 4.69) is 24.3 Å². The van der Waals surface area contributed by atoms with Gasteiger partial charge in [-0.1, -0.05) is 6.42 Å². The number of rotatable bonds is 5. The Kier molecular flexibility index (Phi) is 4.91. The lowest BCUT2D eigenvalue weighted by molar-refractivity contribution is 0.148. The molecule has 1 atom stereocenters. The number of aryl methyl sites for hydroxylation is 1. The Hall–Kier alpha value is -1.52. The van der Waals surface area contributed by atoms with Crippen molar-refractivity contribution in [2.75, 3.05) is 6.54 Å². The molecule has 5 heteroatoms. The summed E-state index contributed by atoms with van der Waals surface area (Å²) in [5, 5.41) is 7.37. The van der Waals surface area contributed by atoms with Crippen molar-refractivity contribution in [3.63, 3.8) is 0 Å². The molecule has 0 spiro atoms. The summed E-state index contributed by atoms with van der Waals surface area (Å²) in [5.74, 6) is 0.689. The number of aromatic nitrogens is 2. The van der Waals surface area contributed by atoms with E-state index < -0.39 is 0 Å². The van der Waals surface area contributed by atoms with E-state index in [4.69, 9.17) is 0 Å². The fourth-order valence-corrected chi connectivity index (χ4v) is 2.77. The minimum absolute atomic E-state index is 0.0196. The van der Waals surface area contributed by atoms with Crippen LogP contribution in [0.1, 0.15) is 57.3 Å². The second kappa shape index (κ2) is 6.50. The van der Waals surface area contributed by atoms with E-state index in [1.807, 2.05) is 36.7 Å². The van der Waals surface area contributed by atoms with Crippen LogP contribution in [-0.4, -0.2) is 33.3 Å². The van der Waals surface area contributed by atoms with Gasteiger partial charge in [0.1, 0.15) is 0 Å². The third-order valence-electron chi connectivity index (χ3n) is 4.64. The van der Waals surface area contributed by atoms with E-state index in [0.717, 1.165) is 17.8 Å². The first-order valence-electron chi connectivity index (χ1n) is 7.95. The highest BCUT2D eigenvalue weighted by molar-refractivity contribution is 5.75. The van der Waals surface area contributed by atoms with E-state index in [9.17, 15) is 4.79 Å². The standard InChI is InChI=1S/C16H28N4O/c1-11(2)20(10-14-7-6-8-14)16(21)18-12(3)15-9-17-19(5)13(15)4/h9,11-12,14H,6-8,10H2,1-5H3,(H,18,21). The molecule has 1 N–H and O–H groups in total. The maximum Gasteiger partial charge on any atom is 0.318 e. The summed E-state index contributed by atoms with van der Waals surface area (Å²) in [6.07, 6.45) is 5.66. The van der Waals surface area contributed by atoms with Crippen molar-refractivity contribution in [1.82, 2.24) is 20.0 Å². The van der Waals surface area contributed by atoms with Crippen LogP contribution in [-0.2, 0) is 7.05 Å². The van der Waals surface area contributed by atoms with E-state index in [1.54, 1.807) is 0 Å². The quantitative estimate of drug-likeness (QED) is 0.907. The molecule has 1 aromatic rings. The average Bonchev–Trinajstić information content (AvgIpc) is 2.67. The van der Waals surface area contributed by atoms with Gasteiger partial charge in [0, 0.05) is 30.9 Å². The summed E-state index contributed by atoms with van der Waals surface area (Å²) >= 11 is 0. The van der Waals surface area contributed by atoms with Crippen LogP contribution in [0.4, 0.5) is 4.79 Å². The van der Waals surface area contributed by atoms with Crippen molar-refractivity contribution in [2.45, 2.75) is 59.0 Å². The Balaban J connectivity index is 1.98. The normalized spacial score (nSPS) is 16.7. The van der Waals surface area contributed by atoms with Gasteiger partial charge < -0.3 is 10.2 Å². The first kappa shape index (κ1) is 15.9. The lowest BCUT2D eigenvalue weighted by Crippen LogP contribution is -2.47. The monoisotopic (exact) mass is 292 g/mol. The fourth-order valence-electron chi connectivity index (χ4n) is 2.77. The molecule has 1 aromatic heterocycles. The summed E-state index contributed by atoms with van der Waals surface area (Å²) in [5.41, 5.74) is 2.18. The van der Waals surface area contributed by atoms with Crippen LogP contribution in [0.5, 0.6) is 0 Å². The predicted octanol–water partition coefficient (Wildman–Crippen LogP) is 3.01. The van der Waals surface area contributed by atoms with Crippen LogP contribution in [0, 0.1) is 12.8 Å². The van der Waals surface area contributed by atoms with Crippen molar-refractivity contribution in [1.29, 1.82) is 0 Å². The SMILES string of the molecule is Cc1c(C(C)NC(=O)N(CC2CCC2)C(C)C)cnn1C. The van der Waals surface area contributed by atoms with Gasteiger partial charge in [-0.25, -0.2) is 4.79 Å². The van der Waals surface area contributed by atoms with Gasteiger partial charge >= 0.3 is 6.03 Å². The molecule has 2 rings (SSSR count). The predicted molar refractivity (Wildman–Crippen MR) is 84.1 cm³/mol. The number of hydrogen-bond acceptors (Lipinski definition) is 2. The van der Waals surface area contributed by atoms with Gasteiger partial charge in [0.15, 0.2) is 0 Å². The molecule has 1 aliphatic carbocycles. The number of nitrogens with zero attached hydrogens (tertiary/aromatic N) is 3. The first-order valence-corrected chi connectivity index (χ1v) is 7.95. The van der Waals surface area contributed by atoms with Crippen LogP contribution in [0.3, 0.4) is 0 Å². The zero-order valence-electron chi connectivity index (χ0n) is 13.9. The molecular weight excluding hydrogens is 264 g/mol. The Labute approximate surface area is 127 Å². The average molecular weight is 292 g/mol. The minimum atomic E-state index is -0.0196. The Bertz CT molecular complexity index is 490. The number of nitrogens with one attached hydrogen (secondary N) is 1. The molecule has 1 fully saturated rings. The number of carbonyl (C=O) groups excluding carboxylic acids is 1. The van der Waals surface area contributed by atoms with E-state index in [0.29, 0.717) is 5.92 Å². The van der Waals surface area contributed by atoms with Gasteiger partial charge in [-0.05, 0) is 46.5 Å². The highest BCUT2D eigenvalue weighted by Crippen LogP contribution is 2.28. The second-order valence-electron chi connectivity index (χ2n) is 6.52. The van der Waals surface area contributed by atoms with Crippen molar-refractivity contribution in [3.05, 3.63) is 17.5 Å². The Morgan fingerprint density at radius 1 is 1.48 bits per heavy atom. The summed E-state index contributed by atoms with van der Waals surface area (Å²) in [6.45, 7) is 9.09. The number of amides is 2. The molecule has 21 heavy (non-hydrogen) atoms. The van der Waals surface area contributed by atoms with Crippen LogP contribution in [0.25, 0.3) is 0 Å². The highest BCUT2D eigenvalue weighted by atomic mass is 16.2. The fraction of sp³-hybridized carbons (Fsp3) is 0.750. The smallest absolute Gasteiger partial charge is 0.318 e. The molecule has 118 valence electrons. The molecule has 0 saturated heterocycles. The summed E-state index contributed by atoms with van der Waals surface area (Å²) in [7, 11) is 1.92. The van der Waals surface area contributed by atoms with Crippen LogP contribution in [0.2, 0.25) is 0 Å². The molecule has 1 saturated carbocycles. The minimum Gasteiger partial charge on any atom is -0.331 e. The molecular formula is C16H28N4O. The molecule has 1 heterocycles. The van der Waals surface area contributed by atoms with Gasteiger partial charge in [0.2, 0.25) is 0 Å². The van der Waals surface area contributed by atoms with Crippen LogP contribution < -0.4 is 5.32 Å². The summed E-state index contributed by atoms with van der Waals surface area (Å²) in [6, 6.07) is 0.245. The molecule has 2 amide bonds. The van der Waals surface area contributed by atoms with Crippen molar-refractivity contribution < 1.29 is 4.79 Å². The maximum atomic E-state index is 12.5. The third-order valence-corrected chi connectivity index (χ3v) is 4.64. The molecule has 0 aliphatic heterocycles. The lowest BCUT2D eigenvalue weighted by atomic mass is 9.85. The Morgan fingerprint density at radius 2 is 2.14 bits per heavy atom. The van der Waals surface area contributed by atoms with Crippen molar-refractivity contribution in [3.8, 4) is 0 Å². The summed E-state index contributed by atoms with van der Waals surface area (Å²) < 4.78 is 1.84. The molecule has 1 aliphatic rings. The number of carbonyl (C=O) groups is 1. The van der Waals surface area contributed by atoms with E-state index in [1.165, 1.54) is 19.3 Å². The van der Waals surface area contributed by atoms with Gasteiger partial charge in [-0.3, -0.25) is 4.68 Å². The van der Waals surface area contributed by atoms with Crippen molar-refractivity contribution >= 4 is 6.03 Å². The number of hydrogen-bond donors (Lipinski definition) is 1. The van der Waals surface area contributed by atoms with E-state index >= 15 is 0 Å². The Morgan fingerprint density at radius 3 is 2.57 bits per heavy atom. The zero-order chi connectivity index (χ0) is 15.6. The summed E-state index contributed by atoms with van der Waals surface area (Å²) in [4.78, 5) is 14.5. The van der Waals surface area contributed by atoms with Crippen LogP contribution in [0.15, 0.2) is 6.20 Å².